The van der Waals surface area contributed by atoms with Crippen LogP contribution in [0.5, 0.6) is 0 Å². The second-order valence-corrected chi connectivity index (χ2v) is 2.57. The summed E-state index contributed by atoms with van der Waals surface area (Å²) in [6.45, 7) is 0. The Morgan fingerprint density at radius 3 is 1.00 bits per heavy atom. The molecule has 1 nitrogen and oxygen atoms in total. The molecule has 8 heavy (non-hydrogen) atoms. The first kappa shape index (κ1) is 15.8. The number of hydrogen-bond acceptors (Lipinski definition) is 2. The zero-order valence-electron chi connectivity index (χ0n) is 6.43. The SMILES string of the molecule is CN(C)C.CSC.[B]. The predicted octanol–water partition coefficient (Wildman–Crippen LogP) is 0.776. The monoisotopic (exact) mass is 132 g/mol. The minimum atomic E-state index is 0. The Morgan fingerprint density at radius 2 is 1.00 bits per heavy atom. The molecule has 3 heteroatoms. The molecule has 0 N–H and O–H groups in total. The van der Waals surface area contributed by atoms with Crippen LogP contribution in [-0.4, -0.2) is 47.0 Å². The molecule has 0 spiro atoms. The molecular weight excluding hydrogens is 117 g/mol. The zero-order chi connectivity index (χ0) is 6.28. The highest BCUT2D eigenvalue weighted by Gasteiger charge is 1.58. The maximum atomic E-state index is 2.04. The first-order chi connectivity index (χ1) is 3.15. The number of thioether (sulfide) groups is 1. The summed E-state index contributed by atoms with van der Waals surface area (Å²) >= 11 is 1.75. The van der Waals surface area contributed by atoms with Gasteiger partial charge in [-0.1, -0.05) is 0 Å². The second-order valence-electron chi connectivity index (χ2n) is 1.75. The Kier molecular flexibility index (Phi) is 30.9. The van der Waals surface area contributed by atoms with Crippen molar-refractivity contribution >= 4 is 20.2 Å². The van der Waals surface area contributed by atoms with E-state index in [9.17, 15) is 0 Å². The average molecular weight is 132 g/mol. The molecule has 0 atom stereocenters. The normalized spacial score (nSPS) is 6.75. The van der Waals surface area contributed by atoms with E-state index in [0.717, 1.165) is 0 Å². The van der Waals surface area contributed by atoms with E-state index in [-0.39, 0.29) is 8.41 Å². The third-order valence-electron chi connectivity index (χ3n) is 0. The maximum Gasteiger partial charge on any atom is 0 e. The third-order valence-corrected chi connectivity index (χ3v) is 0. The molecule has 0 fully saturated rings. The summed E-state index contributed by atoms with van der Waals surface area (Å²) in [5.74, 6) is 0. The molecule has 3 radical (unpaired) electrons. The molecule has 0 amide bonds. The van der Waals surface area contributed by atoms with E-state index in [4.69, 9.17) is 0 Å². The first-order valence-corrected chi connectivity index (χ1v) is 3.79. The fourth-order valence-electron chi connectivity index (χ4n) is 0. The van der Waals surface area contributed by atoms with Crippen LogP contribution in [0.3, 0.4) is 0 Å². The first-order valence-electron chi connectivity index (χ1n) is 2.16. The van der Waals surface area contributed by atoms with Gasteiger partial charge >= 0.3 is 0 Å². The van der Waals surface area contributed by atoms with Gasteiger partial charge in [-0.3, -0.25) is 0 Å². The molecule has 0 saturated heterocycles. The quantitative estimate of drug-likeness (QED) is 0.448. The zero-order valence-corrected chi connectivity index (χ0v) is 7.25. The summed E-state index contributed by atoms with van der Waals surface area (Å²) < 4.78 is 0. The topological polar surface area (TPSA) is 3.24 Å². The lowest BCUT2D eigenvalue weighted by molar-refractivity contribution is 0.505. The van der Waals surface area contributed by atoms with Crippen LogP contribution in [0.15, 0.2) is 0 Å². The van der Waals surface area contributed by atoms with Crippen LogP contribution in [0.25, 0.3) is 0 Å². The lowest BCUT2D eigenvalue weighted by Gasteiger charge is -1.90. The van der Waals surface area contributed by atoms with Crippen molar-refractivity contribution in [1.82, 2.24) is 4.90 Å². The maximum absolute atomic E-state index is 2.04. The van der Waals surface area contributed by atoms with Crippen LogP contribution in [0.1, 0.15) is 0 Å². The summed E-state index contributed by atoms with van der Waals surface area (Å²) in [5.41, 5.74) is 0. The fraction of sp³-hybridized carbons (Fsp3) is 1.00. The van der Waals surface area contributed by atoms with E-state index in [0.29, 0.717) is 0 Å². The molecule has 0 unspecified atom stereocenters. The Hall–Kier alpha value is 0.375. The van der Waals surface area contributed by atoms with Crippen LogP contribution < -0.4 is 0 Å². The minimum absolute atomic E-state index is 0. The fourth-order valence-corrected chi connectivity index (χ4v) is 0. The van der Waals surface area contributed by atoms with Gasteiger partial charge in [0, 0.05) is 8.41 Å². The van der Waals surface area contributed by atoms with Crippen LogP contribution >= 0.6 is 11.8 Å². The van der Waals surface area contributed by atoms with E-state index in [1.165, 1.54) is 0 Å². The van der Waals surface area contributed by atoms with E-state index in [1.54, 1.807) is 11.8 Å². The van der Waals surface area contributed by atoms with E-state index < -0.39 is 0 Å². The smallest absolute Gasteiger partial charge is 0 e. The van der Waals surface area contributed by atoms with Crippen molar-refractivity contribution in [3.63, 3.8) is 0 Å². The second kappa shape index (κ2) is 15.7. The molecule has 0 aliphatic carbocycles. The van der Waals surface area contributed by atoms with Gasteiger partial charge in [0.05, 0.1) is 0 Å². The standard InChI is InChI=1S/C3H9N.C2H6S.B/c1-4(2)3;1-3-2;/h1-3H3;1-2H3;. The summed E-state index contributed by atoms with van der Waals surface area (Å²) in [5, 5.41) is 0. The van der Waals surface area contributed by atoms with Crippen molar-refractivity contribution in [1.29, 1.82) is 0 Å². The van der Waals surface area contributed by atoms with Crippen molar-refractivity contribution in [3.05, 3.63) is 0 Å². The van der Waals surface area contributed by atoms with Gasteiger partial charge < -0.3 is 4.90 Å². The third kappa shape index (κ3) is 1310. The molecule has 0 aromatic heterocycles. The van der Waals surface area contributed by atoms with Crippen molar-refractivity contribution in [2.75, 3.05) is 33.7 Å². The van der Waals surface area contributed by atoms with Gasteiger partial charge in [0.25, 0.3) is 0 Å². The number of rotatable bonds is 0. The average Bonchev–Trinajstić information content (AvgIpc) is 1.33. The van der Waals surface area contributed by atoms with Crippen molar-refractivity contribution in [2.24, 2.45) is 0 Å². The minimum Gasteiger partial charge on any atom is -0.312 e. The lowest BCUT2D eigenvalue weighted by Crippen LogP contribution is -1.99. The molecule has 49 valence electrons. The highest BCUT2D eigenvalue weighted by atomic mass is 32.2. The molecule has 0 aliphatic heterocycles. The van der Waals surface area contributed by atoms with Crippen molar-refractivity contribution < 1.29 is 0 Å². The Balaban J connectivity index is -0.0000000575. The number of nitrogens with zero attached hydrogens (tertiary/aromatic N) is 1. The summed E-state index contributed by atoms with van der Waals surface area (Å²) in [4.78, 5) is 2.00. The van der Waals surface area contributed by atoms with Gasteiger partial charge in [-0.25, -0.2) is 0 Å². The summed E-state index contributed by atoms with van der Waals surface area (Å²) in [6, 6.07) is 0. The van der Waals surface area contributed by atoms with Crippen LogP contribution in [0, 0.1) is 0 Å². The van der Waals surface area contributed by atoms with Gasteiger partial charge in [0.1, 0.15) is 0 Å². The highest BCUT2D eigenvalue weighted by Crippen LogP contribution is 1.70. The molecule has 0 aromatic rings. The molecule has 0 aliphatic rings. The van der Waals surface area contributed by atoms with Crippen LogP contribution in [0.2, 0.25) is 0 Å². The van der Waals surface area contributed by atoms with Crippen molar-refractivity contribution in [2.45, 2.75) is 0 Å². The molecule has 0 bridgehead atoms. The van der Waals surface area contributed by atoms with Crippen LogP contribution in [-0.2, 0) is 0 Å². The largest absolute Gasteiger partial charge is 0.312 e. The molecule has 0 aromatic carbocycles. The lowest BCUT2D eigenvalue weighted by atomic mass is 10.8. The van der Waals surface area contributed by atoms with Gasteiger partial charge in [0.15, 0.2) is 0 Å². The number of hydrogen-bond donors (Lipinski definition) is 0. The summed E-state index contributed by atoms with van der Waals surface area (Å²) in [7, 11) is 6.00. The molecule has 0 saturated carbocycles. The van der Waals surface area contributed by atoms with Crippen molar-refractivity contribution in [3.8, 4) is 0 Å². The van der Waals surface area contributed by atoms with Gasteiger partial charge in [-0.15, -0.1) is 0 Å². The van der Waals surface area contributed by atoms with Gasteiger partial charge in [-0.05, 0) is 33.7 Å². The Labute approximate surface area is 59.4 Å². The predicted molar refractivity (Wildman–Crippen MR) is 44.8 cm³/mol. The summed E-state index contributed by atoms with van der Waals surface area (Å²) in [6.07, 6.45) is 4.08. The molecule has 0 heterocycles. The Morgan fingerprint density at radius 1 is 1.00 bits per heavy atom. The van der Waals surface area contributed by atoms with E-state index in [2.05, 4.69) is 0 Å². The Bertz CT molecular complexity index is 23.6. The molecule has 0 rings (SSSR count). The van der Waals surface area contributed by atoms with E-state index >= 15 is 0 Å². The van der Waals surface area contributed by atoms with Gasteiger partial charge in [0.2, 0.25) is 0 Å². The highest BCUT2D eigenvalue weighted by molar-refractivity contribution is 7.97. The van der Waals surface area contributed by atoms with Crippen LogP contribution in [0.4, 0.5) is 0 Å². The van der Waals surface area contributed by atoms with Gasteiger partial charge in [-0.2, -0.15) is 11.8 Å². The molecular formula is C5H15BNS. The van der Waals surface area contributed by atoms with E-state index in [1.807, 2.05) is 38.6 Å².